The molecule has 6 atom stereocenters. The summed E-state index contributed by atoms with van der Waals surface area (Å²) in [6, 6.07) is 0. The molecule has 1 unspecified atom stereocenters. The van der Waals surface area contributed by atoms with Crippen molar-refractivity contribution in [3.63, 3.8) is 0 Å². The van der Waals surface area contributed by atoms with E-state index in [4.69, 9.17) is 14.2 Å². The van der Waals surface area contributed by atoms with Gasteiger partial charge in [-0.05, 0) is 57.2 Å². The summed E-state index contributed by atoms with van der Waals surface area (Å²) in [7, 11) is 0. The van der Waals surface area contributed by atoms with Crippen molar-refractivity contribution in [1.29, 1.82) is 0 Å². The predicted octanol–water partition coefficient (Wildman–Crippen LogP) is 0.218. The predicted molar refractivity (Wildman–Crippen MR) is 99.4 cm³/mol. The molecule has 2 aliphatic rings. The fourth-order valence-corrected chi connectivity index (χ4v) is 3.86. The first-order valence-corrected chi connectivity index (χ1v) is 9.52. The SMILES string of the molecule is Cc1c(C)c2c(c(C)c1O)CCC(C)(CO[C@@H]1O[C@H](CO)[C@@H](O)[C@H](O)[C@H]1O)O2. The molecule has 0 aliphatic carbocycles. The van der Waals surface area contributed by atoms with Crippen LogP contribution in [-0.4, -0.2) is 75.1 Å². The Bertz CT molecular complexity index is 734. The lowest BCUT2D eigenvalue weighted by molar-refractivity contribution is -0.307. The van der Waals surface area contributed by atoms with E-state index in [1.807, 2.05) is 27.7 Å². The molecule has 8 nitrogen and oxygen atoms in total. The highest BCUT2D eigenvalue weighted by molar-refractivity contribution is 5.58. The highest BCUT2D eigenvalue weighted by atomic mass is 16.7. The molecule has 0 spiro atoms. The third-order valence-electron chi connectivity index (χ3n) is 5.99. The van der Waals surface area contributed by atoms with Crippen LogP contribution in [0.1, 0.15) is 35.6 Å². The first-order chi connectivity index (χ1) is 13.1. The number of phenols is 1. The standard InChI is InChI=1S/C20H30O8/c1-9-10(2)18-12(11(3)14(9)22)5-6-20(4,28-18)8-26-19-17(25)16(24)15(23)13(7-21)27-19/h13,15-17,19,21-25H,5-8H2,1-4H3/t13-,15-,16+,17-,19-,20?/m1/s1. The summed E-state index contributed by atoms with van der Waals surface area (Å²) in [6.07, 6.45) is -5.23. The number of benzene rings is 1. The Kier molecular flexibility index (Phi) is 5.91. The summed E-state index contributed by atoms with van der Waals surface area (Å²) in [4.78, 5) is 0. The van der Waals surface area contributed by atoms with Crippen molar-refractivity contribution in [3.05, 3.63) is 22.3 Å². The molecule has 158 valence electrons. The molecule has 2 heterocycles. The Balaban J connectivity index is 1.74. The van der Waals surface area contributed by atoms with E-state index in [-0.39, 0.29) is 6.61 Å². The topological polar surface area (TPSA) is 129 Å². The quantitative estimate of drug-likeness (QED) is 0.487. The Labute approximate surface area is 164 Å². The largest absolute Gasteiger partial charge is 0.507 e. The second-order valence-corrected chi connectivity index (χ2v) is 8.09. The van der Waals surface area contributed by atoms with Crippen molar-refractivity contribution in [2.45, 2.75) is 76.8 Å². The number of hydrogen-bond donors (Lipinski definition) is 5. The Morgan fingerprint density at radius 3 is 2.36 bits per heavy atom. The lowest BCUT2D eigenvalue weighted by Gasteiger charge is -2.42. The minimum absolute atomic E-state index is 0.0769. The molecule has 8 heteroatoms. The minimum atomic E-state index is -1.48. The van der Waals surface area contributed by atoms with Crippen LogP contribution >= 0.6 is 0 Å². The molecular weight excluding hydrogens is 368 g/mol. The fourth-order valence-electron chi connectivity index (χ4n) is 3.86. The van der Waals surface area contributed by atoms with Crippen LogP contribution in [0, 0.1) is 20.8 Å². The average Bonchev–Trinajstić information content (AvgIpc) is 2.68. The maximum absolute atomic E-state index is 10.3. The fraction of sp³-hybridized carbons (Fsp3) is 0.700. The number of aliphatic hydroxyl groups is 4. The summed E-state index contributed by atoms with van der Waals surface area (Å²) in [5.74, 6) is 1.03. The first kappa shape index (κ1) is 21.3. The van der Waals surface area contributed by atoms with E-state index in [2.05, 4.69) is 0 Å². The van der Waals surface area contributed by atoms with Crippen LogP contribution in [0.25, 0.3) is 0 Å². The second-order valence-electron chi connectivity index (χ2n) is 8.09. The van der Waals surface area contributed by atoms with Crippen LogP contribution in [0.4, 0.5) is 0 Å². The lowest BCUT2D eigenvalue weighted by Crippen LogP contribution is -2.60. The molecule has 0 amide bonds. The molecule has 0 saturated carbocycles. The summed E-state index contributed by atoms with van der Waals surface area (Å²) < 4.78 is 17.4. The molecule has 1 fully saturated rings. The van der Waals surface area contributed by atoms with Crippen molar-refractivity contribution in [2.75, 3.05) is 13.2 Å². The molecule has 0 aromatic heterocycles. The maximum atomic E-state index is 10.3. The highest BCUT2D eigenvalue weighted by Crippen LogP contribution is 2.43. The lowest BCUT2D eigenvalue weighted by atomic mass is 9.87. The molecule has 0 bridgehead atoms. The van der Waals surface area contributed by atoms with Crippen molar-refractivity contribution < 1.29 is 39.7 Å². The van der Waals surface area contributed by atoms with Gasteiger partial charge >= 0.3 is 0 Å². The molecule has 0 radical (unpaired) electrons. The number of aromatic hydroxyl groups is 1. The number of ether oxygens (including phenoxy) is 3. The van der Waals surface area contributed by atoms with Gasteiger partial charge in [-0.15, -0.1) is 0 Å². The minimum Gasteiger partial charge on any atom is -0.507 e. The third kappa shape index (κ3) is 3.60. The number of hydrogen-bond acceptors (Lipinski definition) is 8. The van der Waals surface area contributed by atoms with Crippen molar-refractivity contribution >= 4 is 0 Å². The second kappa shape index (κ2) is 7.78. The zero-order chi connectivity index (χ0) is 20.8. The normalized spacial score (nSPS) is 35.4. The molecule has 5 N–H and O–H groups in total. The molecule has 1 saturated heterocycles. The number of phenolic OH excluding ortho intramolecular Hbond substituents is 1. The van der Waals surface area contributed by atoms with Crippen LogP contribution in [0.3, 0.4) is 0 Å². The van der Waals surface area contributed by atoms with E-state index < -0.39 is 42.9 Å². The zero-order valence-corrected chi connectivity index (χ0v) is 16.7. The van der Waals surface area contributed by atoms with Gasteiger partial charge in [0.2, 0.25) is 0 Å². The van der Waals surface area contributed by atoms with Crippen LogP contribution in [0.2, 0.25) is 0 Å². The number of rotatable bonds is 4. The van der Waals surface area contributed by atoms with Crippen molar-refractivity contribution in [2.24, 2.45) is 0 Å². The summed E-state index contributed by atoms with van der Waals surface area (Å²) in [5, 5.41) is 49.5. The van der Waals surface area contributed by atoms with E-state index in [9.17, 15) is 25.5 Å². The Morgan fingerprint density at radius 2 is 1.71 bits per heavy atom. The van der Waals surface area contributed by atoms with Crippen LogP contribution < -0.4 is 4.74 Å². The van der Waals surface area contributed by atoms with E-state index >= 15 is 0 Å². The van der Waals surface area contributed by atoms with Crippen molar-refractivity contribution in [1.82, 2.24) is 0 Å². The Morgan fingerprint density at radius 1 is 1.04 bits per heavy atom. The molecule has 3 rings (SSSR count). The van der Waals surface area contributed by atoms with E-state index in [0.29, 0.717) is 18.6 Å². The van der Waals surface area contributed by atoms with Gasteiger partial charge in [0.15, 0.2) is 6.29 Å². The van der Waals surface area contributed by atoms with Crippen LogP contribution in [0.5, 0.6) is 11.5 Å². The van der Waals surface area contributed by atoms with Gasteiger partial charge in [-0.1, -0.05) is 0 Å². The van der Waals surface area contributed by atoms with E-state index in [0.717, 1.165) is 28.0 Å². The van der Waals surface area contributed by atoms with Gasteiger partial charge in [0, 0.05) is 5.56 Å². The smallest absolute Gasteiger partial charge is 0.186 e. The molecule has 28 heavy (non-hydrogen) atoms. The van der Waals surface area contributed by atoms with Gasteiger partial charge in [-0.2, -0.15) is 0 Å². The zero-order valence-electron chi connectivity index (χ0n) is 16.7. The summed E-state index contributed by atoms with van der Waals surface area (Å²) in [5.41, 5.74) is 2.74. The number of fused-ring (bicyclic) bond motifs is 1. The average molecular weight is 398 g/mol. The molecule has 2 aliphatic heterocycles. The van der Waals surface area contributed by atoms with Crippen molar-refractivity contribution in [3.8, 4) is 11.5 Å². The summed E-state index contributed by atoms with van der Waals surface area (Å²) >= 11 is 0. The Hall–Kier alpha value is -1.42. The van der Waals surface area contributed by atoms with Gasteiger partial charge in [0.1, 0.15) is 41.5 Å². The molecule has 1 aromatic carbocycles. The van der Waals surface area contributed by atoms with Crippen LogP contribution in [0.15, 0.2) is 0 Å². The molecular formula is C20H30O8. The molecule has 1 aromatic rings. The van der Waals surface area contributed by atoms with Gasteiger partial charge in [-0.25, -0.2) is 0 Å². The van der Waals surface area contributed by atoms with Gasteiger partial charge in [0.05, 0.1) is 13.2 Å². The van der Waals surface area contributed by atoms with Gasteiger partial charge in [0.25, 0.3) is 0 Å². The monoisotopic (exact) mass is 398 g/mol. The van der Waals surface area contributed by atoms with Gasteiger partial charge in [-0.3, -0.25) is 0 Å². The summed E-state index contributed by atoms with van der Waals surface area (Å²) in [6.45, 7) is 7.07. The third-order valence-corrected chi connectivity index (χ3v) is 5.99. The van der Waals surface area contributed by atoms with E-state index in [1.165, 1.54) is 0 Å². The van der Waals surface area contributed by atoms with Crippen LogP contribution in [-0.2, 0) is 15.9 Å². The number of aliphatic hydroxyl groups excluding tert-OH is 4. The van der Waals surface area contributed by atoms with E-state index in [1.54, 1.807) is 0 Å². The van der Waals surface area contributed by atoms with Gasteiger partial charge < -0.3 is 39.7 Å². The maximum Gasteiger partial charge on any atom is 0.186 e. The first-order valence-electron chi connectivity index (χ1n) is 9.52. The highest BCUT2D eigenvalue weighted by Gasteiger charge is 2.45.